The van der Waals surface area contributed by atoms with E-state index in [1.165, 1.54) is 12.1 Å². The number of anilines is 1. The average Bonchev–Trinajstić information content (AvgIpc) is 2.68. The van der Waals surface area contributed by atoms with E-state index in [0.717, 1.165) is 37.3 Å². The van der Waals surface area contributed by atoms with Crippen molar-refractivity contribution in [1.82, 2.24) is 10.3 Å². The van der Waals surface area contributed by atoms with Gasteiger partial charge in [-0.2, -0.15) is 5.26 Å². The van der Waals surface area contributed by atoms with Gasteiger partial charge in [0, 0.05) is 25.2 Å². The monoisotopic (exact) mass is 352 g/mol. The molecule has 1 saturated heterocycles. The van der Waals surface area contributed by atoms with E-state index >= 15 is 0 Å². The first-order valence-electron chi connectivity index (χ1n) is 8.74. The lowest BCUT2D eigenvalue weighted by atomic mass is 9.95. The fourth-order valence-corrected chi connectivity index (χ4v) is 3.18. The molecule has 134 valence electrons. The maximum atomic E-state index is 13.0. The van der Waals surface area contributed by atoms with Gasteiger partial charge in [0.15, 0.2) is 0 Å². The van der Waals surface area contributed by atoms with Crippen molar-refractivity contribution in [3.63, 3.8) is 0 Å². The minimum Gasteiger partial charge on any atom is -0.357 e. The molecule has 1 atom stereocenters. The van der Waals surface area contributed by atoms with Crippen molar-refractivity contribution in [2.45, 2.75) is 25.8 Å². The maximum Gasteiger partial charge on any atom is 0.223 e. The van der Waals surface area contributed by atoms with Crippen LogP contribution in [0.3, 0.4) is 0 Å². The standard InChI is InChI=1S/C20H21FN4O/c1-14(16-3-5-18(21)6-4-16)24-20(26)17-8-10-25(11-9-17)19-7-2-15(12-22)13-23-19/h2-7,13-14,17H,8-11H2,1H3,(H,24,26)/t14-/m0/s1. The third-order valence-corrected chi connectivity index (χ3v) is 4.80. The number of piperidine rings is 1. The second kappa shape index (κ2) is 7.96. The van der Waals surface area contributed by atoms with Gasteiger partial charge < -0.3 is 10.2 Å². The summed E-state index contributed by atoms with van der Waals surface area (Å²) in [5.74, 6) is 0.556. The fourth-order valence-electron chi connectivity index (χ4n) is 3.18. The molecule has 1 fully saturated rings. The summed E-state index contributed by atoms with van der Waals surface area (Å²) >= 11 is 0. The molecule has 0 aliphatic carbocycles. The molecule has 2 aromatic rings. The zero-order valence-electron chi connectivity index (χ0n) is 14.7. The van der Waals surface area contributed by atoms with E-state index in [9.17, 15) is 9.18 Å². The van der Waals surface area contributed by atoms with Crippen LogP contribution >= 0.6 is 0 Å². The lowest BCUT2D eigenvalue weighted by Crippen LogP contribution is -2.41. The number of carbonyl (C=O) groups excluding carboxylic acids is 1. The van der Waals surface area contributed by atoms with Crippen LogP contribution in [0.2, 0.25) is 0 Å². The topological polar surface area (TPSA) is 69.0 Å². The highest BCUT2D eigenvalue weighted by Crippen LogP contribution is 2.23. The van der Waals surface area contributed by atoms with Gasteiger partial charge in [0.2, 0.25) is 5.91 Å². The van der Waals surface area contributed by atoms with Gasteiger partial charge in [-0.3, -0.25) is 4.79 Å². The Morgan fingerprint density at radius 2 is 1.96 bits per heavy atom. The molecule has 1 aromatic heterocycles. The minimum atomic E-state index is -0.281. The van der Waals surface area contributed by atoms with Gasteiger partial charge in [-0.15, -0.1) is 0 Å². The number of hydrogen-bond acceptors (Lipinski definition) is 4. The number of hydrogen-bond donors (Lipinski definition) is 1. The van der Waals surface area contributed by atoms with E-state index in [2.05, 4.69) is 21.3 Å². The van der Waals surface area contributed by atoms with Gasteiger partial charge in [0.05, 0.1) is 11.6 Å². The number of benzene rings is 1. The predicted molar refractivity (Wildman–Crippen MR) is 96.8 cm³/mol. The van der Waals surface area contributed by atoms with Crippen LogP contribution in [0, 0.1) is 23.1 Å². The summed E-state index contributed by atoms with van der Waals surface area (Å²) < 4.78 is 13.0. The van der Waals surface area contributed by atoms with Crippen LogP contribution in [0.4, 0.5) is 10.2 Å². The lowest BCUT2D eigenvalue weighted by Gasteiger charge is -2.32. The van der Waals surface area contributed by atoms with Crippen LogP contribution in [0.15, 0.2) is 42.6 Å². The van der Waals surface area contributed by atoms with Gasteiger partial charge >= 0.3 is 0 Å². The van der Waals surface area contributed by atoms with Gasteiger partial charge in [-0.1, -0.05) is 12.1 Å². The molecule has 26 heavy (non-hydrogen) atoms. The molecule has 0 radical (unpaired) electrons. The lowest BCUT2D eigenvalue weighted by molar-refractivity contribution is -0.126. The van der Waals surface area contributed by atoms with E-state index in [-0.39, 0.29) is 23.7 Å². The second-order valence-corrected chi connectivity index (χ2v) is 6.56. The largest absolute Gasteiger partial charge is 0.357 e. The molecule has 1 aromatic carbocycles. The van der Waals surface area contributed by atoms with E-state index in [0.29, 0.717) is 5.56 Å². The number of nitrogens with one attached hydrogen (secondary N) is 1. The summed E-state index contributed by atoms with van der Waals surface area (Å²) in [5, 5.41) is 11.9. The highest BCUT2D eigenvalue weighted by molar-refractivity contribution is 5.79. The molecule has 1 aliphatic rings. The smallest absolute Gasteiger partial charge is 0.223 e. The molecule has 0 unspecified atom stereocenters. The highest BCUT2D eigenvalue weighted by Gasteiger charge is 2.26. The normalized spacial score (nSPS) is 16.0. The first-order valence-corrected chi connectivity index (χ1v) is 8.74. The molecule has 0 spiro atoms. The molecule has 0 saturated carbocycles. The van der Waals surface area contributed by atoms with Gasteiger partial charge in [-0.05, 0) is 49.6 Å². The number of carbonyl (C=O) groups is 1. The van der Waals surface area contributed by atoms with Gasteiger partial charge in [0.1, 0.15) is 17.7 Å². The Hall–Kier alpha value is -2.94. The van der Waals surface area contributed by atoms with E-state index in [4.69, 9.17) is 5.26 Å². The number of aromatic nitrogens is 1. The van der Waals surface area contributed by atoms with Crippen molar-refractivity contribution < 1.29 is 9.18 Å². The van der Waals surface area contributed by atoms with Crippen LogP contribution in [-0.4, -0.2) is 24.0 Å². The third-order valence-electron chi connectivity index (χ3n) is 4.80. The Bertz CT molecular complexity index is 790. The number of nitrogens with zero attached hydrogens (tertiary/aromatic N) is 3. The maximum absolute atomic E-state index is 13.0. The van der Waals surface area contributed by atoms with Crippen molar-refractivity contribution in [2.75, 3.05) is 18.0 Å². The van der Waals surface area contributed by atoms with Crippen molar-refractivity contribution in [3.05, 3.63) is 59.5 Å². The number of halogens is 1. The quantitative estimate of drug-likeness (QED) is 0.917. The summed E-state index contributed by atoms with van der Waals surface area (Å²) in [6, 6.07) is 11.7. The SMILES string of the molecule is C[C@H](NC(=O)C1CCN(c2ccc(C#N)cn2)CC1)c1ccc(F)cc1. The van der Waals surface area contributed by atoms with Crippen LogP contribution in [0.25, 0.3) is 0 Å². The Morgan fingerprint density at radius 3 is 2.54 bits per heavy atom. The minimum absolute atomic E-state index is 0.0347. The number of pyridine rings is 1. The van der Waals surface area contributed by atoms with Crippen molar-refractivity contribution in [1.29, 1.82) is 5.26 Å². The van der Waals surface area contributed by atoms with E-state index in [1.54, 1.807) is 24.4 Å². The zero-order chi connectivity index (χ0) is 18.5. The summed E-state index contributed by atoms with van der Waals surface area (Å²) in [4.78, 5) is 19.0. The predicted octanol–water partition coefficient (Wildman–Crippen LogP) is 3.19. The molecule has 1 amide bonds. The number of amides is 1. The fraction of sp³-hybridized carbons (Fsp3) is 0.350. The number of rotatable bonds is 4. The first-order chi connectivity index (χ1) is 12.6. The van der Waals surface area contributed by atoms with Crippen molar-refractivity contribution >= 4 is 11.7 Å². The molecule has 6 heteroatoms. The Morgan fingerprint density at radius 1 is 1.27 bits per heavy atom. The third kappa shape index (κ3) is 4.17. The average molecular weight is 352 g/mol. The molecular weight excluding hydrogens is 331 g/mol. The van der Waals surface area contributed by atoms with Crippen LogP contribution in [-0.2, 0) is 4.79 Å². The van der Waals surface area contributed by atoms with Gasteiger partial charge in [0.25, 0.3) is 0 Å². The van der Waals surface area contributed by atoms with E-state index in [1.807, 2.05) is 13.0 Å². The van der Waals surface area contributed by atoms with Crippen LogP contribution in [0.1, 0.15) is 36.9 Å². The zero-order valence-corrected chi connectivity index (χ0v) is 14.7. The summed E-state index contributed by atoms with van der Waals surface area (Å²) in [6.45, 7) is 3.41. The summed E-state index contributed by atoms with van der Waals surface area (Å²) in [7, 11) is 0. The number of nitriles is 1. The molecule has 1 aliphatic heterocycles. The van der Waals surface area contributed by atoms with Crippen molar-refractivity contribution in [2.24, 2.45) is 5.92 Å². The second-order valence-electron chi connectivity index (χ2n) is 6.56. The first kappa shape index (κ1) is 17.9. The van der Waals surface area contributed by atoms with Crippen LogP contribution < -0.4 is 10.2 Å². The Balaban J connectivity index is 1.53. The van der Waals surface area contributed by atoms with E-state index < -0.39 is 0 Å². The molecule has 2 heterocycles. The molecule has 0 bridgehead atoms. The van der Waals surface area contributed by atoms with Crippen molar-refractivity contribution in [3.8, 4) is 6.07 Å². The Labute approximate surface area is 152 Å². The highest BCUT2D eigenvalue weighted by atomic mass is 19.1. The molecule has 3 rings (SSSR count). The molecular formula is C20H21FN4O. The van der Waals surface area contributed by atoms with Crippen LogP contribution in [0.5, 0.6) is 0 Å². The molecule has 5 nitrogen and oxygen atoms in total. The summed E-state index contributed by atoms with van der Waals surface area (Å²) in [5.41, 5.74) is 1.43. The Kier molecular flexibility index (Phi) is 5.47. The summed E-state index contributed by atoms with van der Waals surface area (Å²) in [6.07, 6.45) is 3.08. The molecule has 1 N–H and O–H groups in total. The van der Waals surface area contributed by atoms with Gasteiger partial charge in [-0.25, -0.2) is 9.37 Å².